The molecule has 1 amide bonds. The number of fused-ring (bicyclic) bond motifs is 1. The van der Waals surface area contributed by atoms with Gasteiger partial charge in [0.2, 0.25) is 0 Å². The minimum atomic E-state index is -4.65. The van der Waals surface area contributed by atoms with Crippen LogP contribution in [0.3, 0.4) is 0 Å². The summed E-state index contributed by atoms with van der Waals surface area (Å²) >= 11 is 0. The van der Waals surface area contributed by atoms with Crippen molar-refractivity contribution in [3.8, 4) is 0 Å². The Morgan fingerprint density at radius 2 is 1.78 bits per heavy atom. The molecule has 9 heteroatoms. The van der Waals surface area contributed by atoms with Gasteiger partial charge in [-0.05, 0) is 35.2 Å². The quantitative estimate of drug-likeness (QED) is 0.269. The summed E-state index contributed by atoms with van der Waals surface area (Å²) in [5.74, 6) is -0.628. The average molecular weight is 385 g/mol. The zero-order chi connectivity index (χ0) is 19.4. The highest BCUT2D eigenvalue weighted by atomic mass is 32.2. The number of hydrogen-bond acceptors (Lipinski definition) is 5. The zero-order valence-electron chi connectivity index (χ0n) is 13.9. The number of carbonyl (C=O) groups excluding carboxylic acids is 1. The molecule has 1 heterocycles. The Labute approximate surface area is 155 Å². The third-order valence-electron chi connectivity index (χ3n) is 3.74. The highest BCUT2D eigenvalue weighted by Crippen LogP contribution is 2.32. The molecule has 3 rings (SSSR count). The van der Waals surface area contributed by atoms with Gasteiger partial charge in [-0.1, -0.05) is 36.4 Å². The summed E-state index contributed by atoms with van der Waals surface area (Å²) in [6.07, 6.45) is 4.01. The van der Waals surface area contributed by atoms with E-state index < -0.39 is 16.2 Å². The largest absolute Gasteiger partial charge is 0.365 e. The molecule has 0 aliphatic rings. The van der Waals surface area contributed by atoms with Crippen molar-refractivity contribution >= 4 is 44.6 Å². The van der Waals surface area contributed by atoms with Crippen molar-refractivity contribution in [1.82, 2.24) is 10.5 Å². The number of aromatic nitrogens is 1. The summed E-state index contributed by atoms with van der Waals surface area (Å²) in [7, 11) is -4.65. The molecule has 8 nitrogen and oxygen atoms in total. The number of nitrogens with zero attached hydrogens (tertiary/aromatic N) is 2. The topological polar surface area (TPSA) is 120 Å². The summed E-state index contributed by atoms with van der Waals surface area (Å²) < 4.78 is 34.6. The first-order valence-electron chi connectivity index (χ1n) is 7.74. The molecule has 27 heavy (non-hydrogen) atoms. The van der Waals surface area contributed by atoms with Gasteiger partial charge < -0.3 is 0 Å². The first kappa shape index (κ1) is 18.5. The molecule has 0 bridgehead atoms. The summed E-state index contributed by atoms with van der Waals surface area (Å²) in [6, 6.07) is 14.9. The SMILES string of the molecule is O=C(/C=C/c1ccc(N(c2nccc3ccccc23)S(=O)(=O)O)cc1)NO. The average Bonchev–Trinajstić information content (AvgIpc) is 2.66. The third-order valence-corrected chi connectivity index (χ3v) is 4.59. The summed E-state index contributed by atoms with van der Waals surface area (Å²) in [6.45, 7) is 0. The Balaban J connectivity index is 2.07. The van der Waals surface area contributed by atoms with Crippen molar-refractivity contribution in [2.45, 2.75) is 0 Å². The Kier molecular flexibility index (Phi) is 5.17. The van der Waals surface area contributed by atoms with E-state index in [4.69, 9.17) is 5.21 Å². The fourth-order valence-electron chi connectivity index (χ4n) is 2.56. The minimum absolute atomic E-state index is 0.0681. The standard InChI is InChI=1S/C18H15N3O5S/c22-17(20-23)10-7-13-5-8-15(9-6-13)21(27(24,25)26)18-16-4-2-1-3-14(16)11-12-19-18/h1-12,23H,(H,20,22)(H,24,25,26)/b10-7+. The normalized spacial score (nSPS) is 11.6. The zero-order valence-corrected chi connectivity index (χ0v) is 14.7. The van der Waals surface area contributed by atoms with Crippen LogP contribution in [0.25, 0.3) is 16.8 Å². The molecule has 0 spiro atoms. The number of carbonyl (C=O) groups is 1. The number of hydroxylamine groups is 1. The minimum Gasteiger partial charge on any atom is -0.288 e. The van der Waals surface area contributed by atoms with Crippen LogP contribution in [0.2, 0.25) is 0 Å². The summed E-state index contributed by atoms with van der Waals surface area (Å²) in [5, 5.41) is 9.80. The van der Waals surface area contributed by atoms with Crippen molar-refractivity contribution in [3.05, 3.63) is 72.4 Å². The molecule has 2 aromatic carbocycles. The number of amides is 1. The van der Waals surface area contributed by atoms with E-state index in [9.17, 15) is 17.8 Å². The third kappa shape index (κ3) is 4.11. The molecule has 3 N–H and O–H groups in total. The Morgan fingerprint density at radius 1 is 1.07 bits per heavy atom. The molecular formula is C18H15N3O5S. The molecule has 1 aromatic heterocycles. The molecule has 138 valence electrons. The van der Waals surface area contributed by atoms with Crippen molar-refractivity contribution < 1.29 is 23.0 Å². The van der Waals surface area contributed by atoms with Gasteiger partial charge in [0, 0.05) is 17.7 Å². The van der Waals surface area contributed by atoms with E-state index in [1.54, 1.807) is 30.3 Å². The van der Waals surface area contributed by atoms with Crippen LogP contribution in [0, 0.1) is 0 Å². The first-order chi connectivity index (χ1) is 12.9. The monoisotopic (exact) mass is 385 g/mol. The number of benzene rings is 2. The van der Waals surface area contributed by atoms with Gasteiger partial charge in [0.05, 0.1) is 5.69 Å². The van der Waals surface area contributed by atoms with Crippen LogP contribution in [0.5, 0.6) is 0 Å². The second kappa shape index (κ2) is 7.54. The lowest BCUT2D eigenvalue weighted by atomic mass is 10.1. The first-order valence-corrected chi connectivity index (χ1v) is 9.13. The van der Waals surface area contributed by atoms with Gasteiger partial charge in [0.1, 0.15) is 0 Å². The van der Waals surface area contributed by atoms with Gasteiger partial charge in [-0.15, -0.1) is 0 Å². The maximum absolute atomic E-state index is 12.1. The van der Waals surface area contributed by atoms with Gasteiger partial charge in [-0.3, -0.25) is 14.6 Å². The van der Waals surface area contributed by atoms with Crippen molar-refractivity contribution in [2.24, 2.45) is 0 Å². The molecule has 0 fully saturated rings. The van der Waals surface area contributed by atoms with E-state index in [-0.39, 0.29) is 11.5 Å². The fourth-order valence-corrected chi connectivity index (χ4v) is 3.31. The molecule has 0 aliphatic carbocycles. The lowest BCUT2D eigenvalue weighted by Crippen LogP contribution is -2.26. The smallest absolute Gasteiger partial charge is 0.288 e. The molecule has 0 unspecified atom stereocenters. The molecule has 0 saturated carbocycles. The number of hydrogen-bond donors (Lipinski definition) is 3. The predicted octanol–water partition coefficient (Wildman–Crippen LogP) is 2.69. The number of nitrogens with one attached hydrogen (secondary N) is 1. The number of rotatable bonds is 5. The lowest BCUT2D eigenvalue weighted by Gasteiger charge is -2.21. The van der Waals surface area contributed by atoms with Crippen LogP contribution in [0.4, 0.5) is 11.5 Å². The van der Waals surface area contributed by atoms with Gasteiger partial charge >= 0.3 is 10.3 Å². The molecule has 0 atom stereocenters. The predicted molar refractivity (Wildman–Crippen MR) is 101 cm³/mol. The van der Waals surface area contributed by atoms with E-state index in [1.807, 2.05) is 12.1 Å². The van der Waals surface area contributed by atoms with Crippen molar-refractivity contribution in [2.75, 3.05) is 4.31 Å². The summed E-state index contributed by atoms with van der Waals surface area (Å²) in [4.78, 5) is 15.2. The molecule has 0 aliphatic heterocycles. The highest BCUT2D eigenvalue weighted by molar-refractivity contribution is 7.87. The van der Waals surface area contributed by atoms with Crippen molar-refractivity contribution in [3.63, 3.8) is 0 Å². The van der Waals surface area contributed by atoms with Gasteiger partial charge in [0.15, 0.2) is 5.82 Å². The van der Waals surface area contributed by atoms with E-state index in [0.29, 0.717) is 10.9 Å². The number of pyridine rings is 1. The van der Waals surface area contributed by atoms with Crippen LogP contribution in [0.1, 0.15) is 5.56 Å². The van der Waals surface area contributed by atoms with Crippen LogP contribution < -0.4 is 9.79 Å². The van der Waals surface area contributed by atoms with Crippen molar-refractivity contribution in [1.29, 1.82) is 0 Å². The van der Waals surface area contributed by atoms with Crippen LogP contribution >= 0.6 is 0 Å². The highest BCUT2D eigenvalue weighted by Gasteiger charge is 2.25. The van der Waals surface area contributed by atoms with E-state index in [2.05, 4.69) is 4.98 Å². The van der Waals surface area contributed by atoms with Gasteiger partial charge in [-0.2, -0.15) is 12.7 Å². The molecule has 3 aromatic rings. The maximum atomic E-state index is 12.1. The van der Waals surface area contributed by atoms with Gasteiger partial charge in [-0.25, -0.2) is 10.5 Å². The fraction of sp³-hybridized carbons (Fsp3) is 0. The maximum Gasteiger partial charge on any atom is 0.365 e. The van der Waals surface area contributed by atoms with Crippen LogP contribution in [-0.2, 0) is 15.1 Å². The molecular weight excluding hydrogens is 370 g/mol. The summed E-state index contributed by atoms with van der Waals surface area (Å²) in [5.41, 5.74) is 2.23. The Bertz CT molecular complexity index is 1110. The Morgan fingerprint density at radius 3 is 2.44 bits per heavy atom. The Hall–Kier alpha value is -3.27. The van der Waals surface area contributed by atoms with Gasteiger partial charge in [0.25, 0.3) is 5.91 Å². The van der Waals surface area contributed by atoms with E-state index in [0.717, 1.165) is 15.8 Å². The van der Waals surface area contributed by atoms with Crippen LogP contribution in [-0.4, -0.2) is 29.1 Å². The number of anilines is 2. The van der Waals surface area contributed by atoms with Crippen LogP contribution in [0.15, 0.2) is 66.9 Å². The molecule has 0 radical (unpaired) electrons. The lowest BCUT2D eigenvalue weighted by molar-refractivity contribution is -0.124. The molecule has 0 saturated heterocycles. The second-order valence-corrected chi connectivity index (χ2v) is 6.76. The van der Waals surface area contributed by atoms with E-state index >= 15 is 0 Å². The van der Waals surface area contributed by atoms with E-state index in [1.165, 1.54) is 29.9 Å². The second-order valence-electron chi connectivity index (χ2n) is 5.50.